The highest BCUT2D eigenvalue weighted by atomic mass is 32.2. The molecule has 1 fully saturated rings. The molecule has 3 aromatic rings. The van der Waals surface area contributed by atoms with Crippen LogP contribution in [0.3, 0.4) is 0 Å². The Morgan fingerprint density at radius 2 is 1.78 bits per heavy atom. The third-order valence-electron chi connectivity index (χ3n) is 4.60. The molecule has 4 rings (SSSR count). The van der Waals surface area contributed by atoms with Crippen LogP contribution < -0.4 is 4.90 Å². The van der Waals surface area contributed by atoms with Gasteiger partial charge in [0.15, 0.2) is 0 Å². The molecule has 0 saturated carbocycles. The summed E-state index contributed by atoms with van der Waals surface area (Å²) in [5, 5.41) is 3.89. The summed E-state index contributed by atoms with van der Waals surface area (Å²) in [7, 11) is -3.55. The summed E-state index contributed by atoms with van der Waals surface area (Å²) in [6, 6.07) is 11.7. The molecule has 27 heavy (non-hydrogen) atoms. The van der Waals surface area contributed by atoms with Gasteiger partial charge in [-0.1, -0.05) is 23.4 Å². The fraction of sp³-hybridized carbons (Fsp3) is 0.333. The molecule has 0 amide bonds. The maximum Gasteiger partial charge on any atom is 0.244 e. The number of rotatable bonds is 4. The standard InChI is InChI=1S/C18H20N4O3S2/c1-13-17(12-16(26-13)18-19-14(2)25-20-18)27(23,24)22-10-8-21(9-11-22)15-6-4-3-5-7-15/h3-7,12H,8-11H2,1-2H3. The van der Waals surface area contributed by atoms with E-state index in [4.69, 9.17) is 4.52 Å². The van der Waals surface area contributed by atoms with Crippen LogP contribution in [0.25, 0.3) is 10.7 Å². The van der Waals surface area contributed by atoms with E-state index in [0.717, 1.165) is 10.6 Å². The summed E-state index contributed by atoms with van der Waals surface area (Å²) in [4.78, 5) is 8.16. The average molecular weight is 405 g/mol. The van der Waals surface area contributed by atoms with Gasteiger partial charge in [0.1, 0.15) is 0 Å². The Hall–Kier alpha value is -2.23. The van der Waals surface area contributed by atoms with E-state index < -0.39 is 10.0 Å². The zero-order chi connectivity index (χ0) is 19.0. The smallest absolute Gasteiger partial charge is 0.244 e. The van der Waals surface area contributed by atoms with Gasteiger partial charge < -0.3 is 9.42 Å². The van der Waals surface area contributed by atoms with E-state index in [1.54, 1.807) is 17.3 Å². The quantitative estimate of drug-likeness (QED) is 0.665. The first-order valence-corrected chi connectivity index (χ1v) is 10.9. The number of para-hydroxylation sites is 1. The van der Waals surface area contributed by atoms with Gasteiger partial charge >= 0.3 is 0 Å². The van der Waals surface area contributed by atoms with Crippen molar-refractivity contribution in [3.05, 3.63) is 47.2 Å². The number of piperazine rings is 1. The minimum Gasteiger partial charge on any atom is -0.369 e. The highest BCUT2D eigenvalue weighted by Gasteiger charge is 2.31. The highest BCUT2D eigenvalue weighted by molar-refractivity contribution is 7.89. The van der Waals surface area contributed by atoms with Crippen LogP contribution in [-0.4, -0.2) is 49.0 Å². The second-order valence-corrected chi connectivity index (χ2v) is 9.56. The number of benzene rings is 1. The van der Waals surface area contributed by atoms with Crippen molar-refractivity contribution in [2.24, 2.45) is 0 Å². The molecule has 0 radical (unpaired) electrons. The molecule has 1 saturated heterocycles. The summed E-state index contributed by atoms with van der Waals surface area (Å²) < 4.78 is 32.9. The van der Waals surface area contributed by atoms with Crippen LogP contribution in [-0.2, 0) is 10.0 Å². The summed E-state index contributed by atoms with van der Waals surface area (Å²) in [6.07, 6.45) is 0. The monoisotopic (exact) mass is 404 g/mol. The Kier molecular flexibility index (Phi) is 4.75. The maximum atomic E-state index is 13.2. The van der Waals surface area contributed by atoms with Gasteiger partial charge in [0, 0.05) is 43.7 Å². The minimum atomic E-state index is -3.55. The lowest BCUT2D eigenvalue weighted by Crippen LogP contribution is -2.48. The Balaban J connectivity index is 1.53. The molecule has 7 nitrogen and oxygen atoms in total. The zero-order valence-corrected chi connectivity index (χ0v) is 16.8. The van der Waals surface area contributed by atoms with Crippen molar-refractivity contribution in [2.75, 3.05) is 31.1 Å². The van der Waals surface area contributed by atoms with Crippen LogP contribution in [0.1, 0.15) is 10.8 Å². The predicted molar refractivity (Wildman–Crippen MR) is 104 cm³/mol. The molecule has 0 spiro atoms. The first kappa shape index (κ1) is 18.1. The van der Waals surface area contributed by atoms with Crippen molar-refractivity contribution in [2.45, 2.75) is 18.7 Å². The van der Waals surface area contributed by atoms with Crippen molar-refractivity contribution in [3.8, 4) is 10.7 Å². The molecule has 0 atom stereocenters. The fourth-order valence-electron chi connectivity index (χ4n) is 3.20. The summed E-state index contributed by atoms with van der Waals surface area (Å²) in [6.45, 7) is 5.79. The van der Waals surface area contributed by atoms with Crippen LogP contribution in [0.2, 0.25) is 0 Å². The number of hydrogen-bond acceptors (Lipinski definition) is 7. The van der Waals surface area contributed by atoms with Crippen molar-refractivity contribution in [1.82, 2.24) is 14.4 Å². The average Bonchev–Trinajstić information content (AvgIpc) is 3.28. The second kappa shape index (κ2) is 7.06. The number of hydrogen-bond donors (Lipinski definition) is 0. The number of thiophene rings is 1. The molecule has 0 unspecified atom stereocenters. The molecule has 9 heteroatoms. The van der Waals surface area contributed by atoms with Gasteiger partial charge in [-0.05, 0) is 25.1 Å². The number of sulfonamides is 1. The molecule has 142 valence electrons. The third-order valence-corrected chi connectivity index (χ3v) is 7.80. The maximum absolute atomic E-state index is 13.2. The van der Waals surface area contributed by atoms with Crippen LogP contribution in [0.5, 0.6) is 0 Å². The van der Waals surface area contributed by atoms with Gasteiger partial charge in [-0.3, -0.25) is 0 Å². The van der Waals surface area contributed by atoms with Gasteiger partial charge in [-0.2, -0.15) is 9.29 Å². The molecule has 0 bridgehead atoms. The minimum absolute atomic E-state index is 0.332. The van der Waals surface area contributed by atoms with E-state index in [9.17, 15) is 8.42 Å². The Bertz CT molecular complexity index is 1040. The third kappa shape index (κ3) is 3.50. The number of aromatic nitrogens is 2. The molecular formula is C18H20N4O3S2. The SMILES string of the molecule is Cc1nc(-c2cc(S(=O)(=O)N3CCN(c4ccccc4)CC3)c(C)s2)no1. The first-order chi connectivity index (χ1) is 12.9. The van der Waals surface area contributed by atoms with Crippen LogP contribution in [0, 0.1) is 13.8 Å². The molecule has 0 N–H and O–H groups in total. The molecule has 1 aromatic carbocycles. The van der Waals surface area contributed by atoms with E-state index in [1.807, 2.05) is 37.3 Å². The largest absolute Gasteiger partial charge is 0.369 e. The van der Waals surface area contributed by atoms with Gasteiger partial charge in [-0.25, -0.2) is 8.42 Å². The van der Waals surface area contributed by atoms with E-state index in [-0.39, 0.29) is 0 Å². The summed E-state index contributed by atoms with van der Waals surface area (Å²) in [5.41, 5.74) is 1.12. The van der Waals surface area contributed by atoms with Gasteiger partial charge in [-0.15, -0.1) is 11.3 Å². The van der Waals surface area contributed by atoms with Gasteiger partial charge in [0.05, 0.1) is 9.77 Å². The molecule has 3 heterocycles. The second-order valence-electron chi connectivity index (χ2n) is 6.39. The summed E-state index contributed by atoms with van der Waals surface area (Å²) in [5.74, 6) is 0.883. The van der Waals surface area contributed by atoms with Crippen molar-refractivity contribution >= 4 is 27.0 Å². The first-order valence-electron chi connectivity index (χ1n) is 8.66. The van der Waals surface area contributed by atoms with E-state index in [0.29, 0.717) is 47.7 Å². The van der Waals surface area contributed by atoms with E-state index in [1.165, 1.54) is 11.3 Å². The predicted octanol–water partition coefficient (Wildman–Crippen LogP) is 2.93. The summed E-state index contributed by atoms with van der Waals surface area (Å²) >= 11 is 1.37. The molecule has 2 aromatic heterocycles. The zero-order valence-electron chi connectivity index (χ0n) is 15.1. The van der Waals surface area contributed by atoms with Crippen LogP contribution in [0.15, 0.2) is 45.8 Å². The van der Waals surface area contributed by atoms with Crippen LogP contribution >= 0.6 is 11.3 Å². The van der Waals surface area contributed by atoms with E-state index in [2.05, 4.69) is 15.0 Å². The molecule has 0 aliphatic carbocycles. The van der Waals surface area contributed by atoms with Crippen LogP contribution in [0.4, 0.5) is 5.69 Å². The highest BCUT2D eigenvalue weighted by Crippen LogP contribution is 2.34. The topological polar surface area (TPSA) is 79.5 Å². The van der Waals surface area contributed by atoms with Crippen molar-refractivity contribution in [1.29, 1.82) is 0 Å². The Labute approximate surface area is 162 Å². The number of nitrogens with zero attached hydrogens (tertiary/aromatic N) is 4. The lowest BCUT2D eigenvalue weighted by atomic mass is 10.2. The fourth-order valence-corrected chi connectivity index (χ4v) is 6.10. The normalized spacial score (nSPS) is 16.0. The Morgan fingerprint density at radius 1 is 1.07 bits per heavy atom. The van der Waals surface area contributed by atoms with Gasteiger partial charge in [0.25, 0.3) is 0 Å². The lowest BCUT2D eigenvalue weighted by Gasteiger charge is -2.35. The number of aryl methyl sites for hydroxylation is 2. The molecule has 1 aliphatic heterocycles. The Morgan fingerprint density at radius 3 is 2.41 bits per heavy atom. The lowest BCUT2D eigenvalue weighted by molar-refractivity contribution is 0.385. The van der Waals surface area contributed by atoms with Crippen molar-refractivity contribution < 1.29 is 12.9 Å². The van der Waals surface area contributed by atoms with Gasteiger partial charge in [0.2, 0.25) is 21.7 Å². The van der Waals surface area contributed by atoms with Crippen molar-refractivity contribution in [3.63, 3.8) is 0 Å². The number of anilines is 1. The van der Waals surface area contributed by atoms with E-state index >= 15 is 0 Å². The molecular weight excluding hydrogens is 384 g/mol. The molecule has 1 aliphatic rings.